The SMILES string of the molecule is CCC(C)(O)C#CC[NH+]1CCOCC1. The van der Waals surface area contributed by atoms with Crippen molar-refractivity contribution in [2.45, 2.75) is 25.9 Å². The van der Waals surface area contributed by atoms with Crippen LogP contribution in [0.2, 0.25) is 0 Å². The highest BCUT2D eigenvalue weighted by molar-refractivity contribution is 5.11. The third kappa shape index (κ3) is 4.10. The first kappa shape index (κ1) is 11.5. The first-order chi connectivity index (χ1) is 6.64. The predicted octanol–water partition coefficient (Wildman–Crippen LogP) is -0.934. The number of hydrogen-bond acceptors (Lipinski definition) is 2. The lowest BCUT2D eigenvalue weighted by Crippen LogP contribution is -3.14. The van der Waals surface area contributed by atoms with Gasteiger partial charge in [-0.1, -0.05) is 12.8 Å². The van der Waals surface area contributed by atoms with Gasteiger partial charge in [0.1, 0.15) is 25.2 Å². The Morgan fingerprint density at radius 3 is 2.64 bits per heavy atom. The van der Waals surface area contributed by atoms with Crippen molar-refractivity contribution in [3.63, 3.8) is 0 Å². The van der Waals surface area contributed by atoms with E-state index >= 15 is 0 Å². The van der Waals surface area contributed by atoms with Crippen LogP contribution in [0.5, 0.6) is 0 Å². The summed E-state index contributed by atoms with van der Waals surface area (Å²) in [5.74, 6) is 5.95. The summed E-state index contributed by atoms with van der Waals surface area (Å²) in [4.78, 5) is 1.45. The molecule has 0 aliphatic carbocycles. The molecule has 0 aromatic rings. The second-order valence-corrected chi connectivity index (χ2v) is 3.97. The van der Waals surface area contributed by atoms with Crippen molar-refractivity contribution in [1.29, 1.82) is 0 Å². The fourth-order valence-electron chi connectivity index (χ4n) is 1.28. The van der Waals surface area contributed by atoms with Crippen LogP contribution in [0.1, 0.15) is 20.3 Å². The first-order valence-corrected chi connectivity index (χ1v) is 5.28. The molecule has 1 atom stereocenters. The average molecular weight is 198 g/mol. The van der Waals surface area contributed by atoms with Gasteiger partial charge in [0.05, 0.1) is 13.2 Å². The van der Waals surface area contributed by atoms with E-state index in [0.29, 0.717) is 6.42 Å². The first-order valence-electron chi connectivity index (χ1n) is 5.28. The van der Waals surface area contributed by atoms with Gasteiger partial charge in [-0.3, -0.25) is 0 Å². The number of hydrogen-bond donors (Lipinski definition) is 2. The summed E-state index contributed by atoms with van der Waals surface area (Å²) in [6.07, 6.45) is 0.679. The van der Waals surface area contributed by atoms with Gasteiger partial charge < -0.3 is 14.7 Å². The van der Waals surface area contributed by atoms with Crippen LogP contribution in [-0.2, 0) is 4.74 Å². The van der Waals surface area contributed by atoms with Crippen molar-refractivity contribution in [2.24, 2.45) is 0 Å². The molecule has 1 fully saturated rings. The zero-order valence-corrected chi connectivity index (χ0v) is 9.10. The maximum Gasteiger partial charge on any atom is 0.139 e. The molecule has 1 rings (SSSR count). The van der Waals surface area contributed by atoms with Crippen molar-refractivity contribution in [1.82, 2.24) is 0 Å². The summed E-state index contributed by atoms with van der Waals surface area (Å²) < 4.78 is 5.25. The van der Waals surface area contributed by atoms with E-state index in [1.807, 2.05) is 6.92 Å². The summed E-state index contributed by atoms with van der Waals surface area (Å²) in [7, 11) is 0. The van der Waals surface area contributed by atoms with E-state index in [4.69, 9.17) is 4.74 Å². The lowest BCUT2D eigenvalue weighted by atomic mass is 10.1. The van der Waals surface area contributed by atoms with Crippen LogP contribution >= 0.6 is 0 Å². The summed E-state index contributed by atoms with van der Waals surface area (Å²) in [6, 6.07) is 0. The third-order valence-electron chi connectivity index (χ3n) is 2.58. The van der Waals surface area contributed by atoms with Gasteiger partial charge in [-0.05, 0) is 19.3 Å². The van der Waals surface area contributed by atoms with Crippen LogP contribution in [0.25, 0.3) is 0 Å². The summed E-state index contributed by atoms with van der Waals surface area (Å²) >= 11 is 0. The molecule has 0 saturated carbocycles. The lowest BCUT2D eigenvalue weighted by Gasteiger charge is -2.21. The van der Waals surface area contributed by atoms with E-state index in [2.05, 4.69) is 11.8 Å². The number of quaternary nitrogens is 1. The fourth-order valence-corrected chi connectivity index (χ4v) is 1.28. The van der Waals surface area contributed by atoms with Crippen LogP contribution in [0.3, 0.4) is 0 Å². The van der Waals surface area contributed by atoms with Crippen LogP contribution in [0, 0.1) is 11.8 Å². The number of ether oxygens (including phenoxy) is 1. The quantitative estimate of drug-likeness (QED) is 0.562. The Kier molecular flexibility index (Phi) is 4.40. The van der Waals surface area contributed by atoms with Crippen molar-refractivity contribution in [3.05, 3.63) is 0 Å². The Balaban J connectivity index is 2.30. The van der Waals surface area contributed by atoms with E-state index in [0.717, 1.165) is 32.8 Å². The van der Waals surface area contributed by atoms with Crippen molar-refractivity contribution >= 4 is 0 Å². The fraction of sp³-hybridized carbons (Fsp3) is 0.818. The largest absolute Gasteiger partial charge is 0.378 e. The highest BCUT2D eigenvalue weighted by Crippen LogP contribution is 2.04. The molecule has 0 spiro atoms. The molecule has 0 amide bonds. The summed E-state index contributed by atoms with van der Waals surface area (Å²) in [6.45, 7) is 8.25. The monoisotopic (exact) mass is 198 g/mol. The minimum Gasteiger partial charge on any atom is -0.378 e. The maximum absolute atomic E-state index is 9.65. The summed E-state index contributed by atoms with van der Waals surface area (Å²) in [5.41, 5.74) is -0.814. The number of nitrogens with one attached hydrogen (secondary N) is 1. The molecule has 14 heavy (non-hydrogen) atoms. The normalized spacial score (nSPS) is 22.2. The lowest BCUT2D eigenvalue weighted by molar-refractivity contribution is -0.900. The van der Waals surface area contributed by atoms with Gasteiger partial charge in [0, 0.05) is 0 Å². The second-order valence-electron chi connectivity index (χ2n) is 3.97. The van der Waals surface area contributed by atoms with Crippen LogP contribution < -0.4 is 4.90 Å². The van der Waals surface area contributed by atoms with Crippen molar-refractivity contribution in [2.75, 3.05) is 32.8 Å². The van der Waals surface area contributed by atoms with Crippen LogP contribution in [0.15, 0.2) is 0 Å². The predicted molar refractivity (Wildman–Crippen MR) is 55.1 cm³/mol. The zero-order chi connectivity index (χ0) is 10.4. The molecule has 2 N–H and O–H groups in total. The van der Waals surface area contributed by atoms with Gasteiger partial charge in [0.2, 0.25) is 0 Å². The van der Waals surface area contributed by atoms with Crippen molar-refractivity contribution in [3.8, 4) is 11.8 Å². The molecule has 0 aromatic heterocycles. The van der Waals surface area contributed by atoms with E-state index < -0.39 is 5.60 Å². The van der Waals surface area contributed by atoms with Crippen molar-refractivity contribution < 1.29 is 14.7 Å². The number of aliphatic hydroxyl groups is 1. The number of rotatable bonds is 2. The summed E-state index contributed by atoms with van der Waals surface area (Å²) in [5, 5.41) is 9.65. The Morgan fingerprint density at radius 1 is 1.43 bits per heavy atom. The van der Waals surface area contributed by atoms with E-state index in [1.54, 1.807) is 6.92 Å². The standard InChI is InChI=1S/C11H19NO2/c1-3-11(2,13)5-4-6-12-7-9-14-10-8-12/h13H,3,6-10H2,1-2H3/p+1. The molecule has 80 valence electrons. The highest BCUT2D eigenvalue weighted by Gasteiger charge is 2.14. The molecule has 1 aliphatic rings. The smallest absolute Gasteiger partial charge is 0.139 e. The van der Waals surface area contributed by atoms with Gasteiger partial charge in [-0.2, -0.15) is 0 Å². The topological polar surface area (TPSA) is 33.9 Å². The molecule has 0 radical (unpaired) electrons. The Bertz CT molecular complexity index is 221. The van der Waals surface area contributed by atoms with Gasteiger partial charge in [0.15, 0.2) is 0 Å². The van der Waals surface area contributed by atoms with Crippen LogP contribution in [-0.4, -0.2) is 43.6 Å². The Hall–Kier alpha value is -0.560. The molecule has 1 saturated heterocycles. The van der Waals surface area contributed by atoms with Crippen LogP contribution in [0.4, 0.5) is 0 Å². The average Bonchev–Trinajstić information content (AvgIpc) is 2.19. The molecule has 1 aliphatic heterocycles. The molecule has 1 unspecified atom stereocenters. The number of morpholine rings is 1. The zero-order valence-electron chi connectivity index (χ0n) is 9.10. The molecule has 3 nitrogen and oxygen atoms in total. The van der Waals surface area contributed by atoms with Gasteiger partial charge in [0.25, 0.3) is 0 Å². The molecular formula is C11H20NO2+. The maximum atomic E-state index is 9.65. The minimum atomic E-state index is -0.814. The van der Waals surface area contributed by atoms with E-state index in [1.165, 1.54) is 4.90 Å². The second kappa shape index (κ2) is 5.35. The van der Waals surface area contributed by atoms with Gasteiger partial charge >= 0.3 is 0 Å². The van der Waals surface area contributed by atoms with E-state index in [-0.39, 0.29) is 0 Å². The molecule has 3 heteroatoms. The highest BCUT2D eigenvalue weighted by atomic mass is 16.5. The third-order valence-corrected chi connectivity index (χ3v) is 2.58. The minimum absolute atomic E-state index is 0.679. The van der Waals surface area contributed by atoms with Gasteiger partial charge in [-0.25, -0.2) is 0 Å². The van der Waals surface area contributed by atoms with Gasteiger partial charge in [-0.15, -0.1) is 0 Å². The Labute approximate surface area is 86.0 Å². The van der Waals surface area contributed by atoms with E-state index in [9.17, 15) is 5.11 Å². The Morgan fingerprint density at radius 2 is 2.07 bits per heavy atom. The molecular weight excluding hydrogens is 178 g/mol. The molecule has 1 heterocycles. The molecule has 0 bridgehead atoms. The molecule has 0 aromatic carbocycles.